The molecule has 0 bridgehead atoms. The van der Waals surface area contributed by atoms with Crippen LogP contribution in [0.25, 0.3) is 0 Å². The number of hydrogen-bond donors (Lipinski definition) is 2. The van der Waals surface area contributed by atoms with Crippen molar-refractivity contribution in [1.82, 2.24) is 14.9 Å². The van der Waals surface area contributed by atoms with E-state index < -0.39 is 0 Å². The van der Waals surface area contributed by atoms with Crippen molar-refractivity contribution < 1.29 is 4.79 Å². The zero-order chi connectivity index (χ0) is 16.1. The Kier molecular flexibility index (Phi) is 4.68. The summed E-state index contributed by atoms with van der Waals surface area (Å²) in [5, 5.41) is 2.87. The van der Waals surface area contributed by atoms with Crippen LogP contribution in [0.1, 0.15) is 0 Å². The van der Waals surface area contributed by atoms with Crippen LogP contribution in [0.2, 0.25) is 0 Å². The molecular weight excluding hydrogens is 292 g/mol. The summed E-state index contributed by atoms with van der Waals surface area (Å²) >= 11 is 0. The Balaban J connectivity index is 1.48. The van der Waals surface area contributed by atoms with E-state index >= 15 is 0 Å². The number of nitrogens with zero attached hydrogens (tertiary/aromatic N) is 4. The van der Waals surface area contributed by atoms with Crippen molar-refractivity contribution >= 4 is 23.2 Å². The van der Waals surface area contributed by atoms with Gasteiger partial charge in [-0.1, -0.05) is 6.07 Å². The van der Waals surface area contributed by atoms with Gasteiger partial charge in [0.05, 0.1) is 6.54 Å². The van der Waals surface area contributed by atoms with E-state index in [1.165, 1.54) is 0 Å². The van der Waals surface area contributed by atoms with E-state index in [0.29, 0.717) is 12.2 Å². The zero-order valence-electron chi connectivity index (χ0n) is 12.9. The first-order valence-corrected chi connectivity index (χ1v) is 7.60. The standard InChI is InChI=1S/C16H20N6O/c17-13-3-1-4-14(11-13)20-15(23)12-21-7-9-22(10-8-21)16-18-5-2-6-19-16/h1-6,11H,7-10,12,17H2,(H,20,23). The second-order valence-corrected chi connectivity index (χ2v) is 5.49. The van der Waals surface area contributed by atoms with Crippen LogP contribution >= 0.6 is 0 Å². The number of nitrogens with two attached hydrogens (primary N) is 1. The molecule has 1 aliphatic rings. The number of anilines is 3. The predicted octanol–water partition coefficient (Wildman–Crippen LogP) is 0.819. The van der Waals surface area contributed by atoms with Crippen LogP contribution in [0.15, 0.2) is 42.7 Å². The molecule has 3 rings (SSSR count). The van der Waals surface area contributed by atoms with E-state index in [0.717, 1.165) is 37.8 Å². The first-order valence-electron chi connectivity index (χ1n) is 7.60. The number of amides is 1. The van der Waals surface area contributed by atoms with E-state index in [9.17, 15) is 4.79 Å². The zero-order valence-corrected chi connectivity index (χ0v) is 12.9. The van der Waals surface area contributed by atoms with Crippen LogP contribution in [0.3, 0.4) is 0 Å². The van der Waals surface area contributed by atoms with Crippen molar-refractivity contribution in [2.24, 2.45) is 0 Å². The Morgan fingerprint density at radius 3 is 2.57 bits per heavy atom. The molecule has 1 aromatic heterocycles. The Hall–Kier alpha value is -2.67. The third-order valence-electron chi connectivity index (χ3n) is 3.74. The van der Waals surface area contributed by atoms with E-state index in [4.69, 9.17) is 5.73 Å². The third kappa shape index (κ3) is 4.17. The molecular formula is C16H20N6O. The molecule has 7 heteroatoms. The first kappa shape index (κ1) is 15.2. The van der Waals surface area contributed by atoms with E-state index in [2.05, 4.69) is 25.1 Å². The van der Waals surface area contributed by atoms with Crippen LogP contribution in [0.4, 0.5) is 17.3 Å². The maximum atomic E-state index is 12.1. The second-order valence-electron chi connectivity index (χ2n) is 5.49. The molecule has 120 valence electrons. The van der Waals surface area contributed by atoms with Crippen LogP contribution in [-0.2, 0) is 4.79 Å². The number of aromatic nitrogens is 2. The molecule has 0 atom stereocenters. The molecule has 0 spiro atoms. The minimum absolute atomic E-state index is 0.0278. The largest absolute Gasteiger partial charge is 0.399 e. The smallest absolute Gasteiger partial charge is 0.238 e. The molecule has 1 fully saturated rings. The summed E-state index contributed by atoms with van der Waals surface area (Å²) in [7, 11) is 0. The Labute approximate surface area is 135 Å². The van der Waals surface area contributed by atoms with Gasteiger partial charge in [-0.25, -0.2) is 9.97 Å². The van der Waals surface area contributed by atoms with Crippen molar-refractivity contribution in [2.75, 3.05) is 48.7 Å². The van der Waals surface area contributed by atoms with Gasteiger partial charge in [0.2, 0.25) is 11.9 Å². The molecule has 23 heavy (non-hydrogen) atoms. The van der Waals surface area contributed by atoms with Crippen molar-refractivity contribution in [3.63, 3.8) is 0 Å². The van der Waals surface area contributed by atoms with Crippen LogP contribution < -0.4 is 16.0 Å². The fourth-order valence-electron chi connectivity index (χ4n) is 2.58. The highest BCUT2D eigenvalue weighted by Gasteiger charge is 2.20. The number of nitrogen functional groups attached to an aromatic ring is 1. The maximum Gasteiger partial charge on any atom is 0.238 e. The molecule has 7 nitrogen and oxygen atoms in total. The van der Waals surface area contributed by atoms with Crippen molar-refractivity contribution in [3.05, 3.63) is 42.7 Å². The van der Waals surface area contributed by atoms with Gasteiger partial charge in [-0.3, -0.25) is 9.69 Å². The normalized spacial score (nSPS) is 15.4. The van der Waals surface area contributed by atoms with Crippen molar-refractivity contribution in [1.29, 1.82) is 0 Å². The fraction of sp³-hybridized carbons (Fsp3) is 0.312. The number of carbonyl (C=O) groups is 1. The number of nitrogens with one attached hydrogen (secondary N) is 1. The molecule has 1 aromatic carbocycles. The number of carbonyl (C=O) groups excluding carboxylic acids is 1. The summed E-state index contributed by atoms with van der Waals surface area (Å²) in [6.45, 7) is 3.62. The monoisotopic (exact) mass is 312 g/mol. The minimum Gasteiger partial charge on any atom is -0.399 e. The third-order valence-corrected chi connectivity index (χ3v) is 3.74. The van der Waals surface area contributed by atoms with Crippen molar-refractivity contribution in [3.8, 4) is 0 Å². The molecule has 1 aliphatic heterocycles. The summed E-state index contributed by atoms with van der Waals surface area (Å²) < 4.78 is 0. The SMILES string of the molecule is Nc1cccc(NC(=O)CN2CCN(c3ncccn3)CC2)c1. The van der Waals surface area contributed by atoms with Gasteiger partial charge in [0.1, 0.15) is 0 Å². The van der Waals surface area contributed by atoms with E-state index in [1.807, 2.05) is 12.1 Å². The topological polar surface area (TPSA) is 87.4 Å². The molecule has 0 radical (unpaired) electrons. The van der Waals surface area contributed by atoms with Gasteiger partial charge in [0.25, 0.3) is 0 Å². The van der Waals surface area contributed by atoms with Gasteiger partial charge >= 0.3 is 0 Å². The van der Waals surface area contributed by atoms with E-state index in [-0.39, 0.29) is 5.91 Å². The Bertz CT molecular complexity index is 655. The lowest BCUT2D eigenvalue weighted by Gasteiger charge is -2.34. The van der Waals surface area contributed by atoms with Gasteiger partial charge in [-0.2, -0.15) is 0 Å². The first-order chi connectivity index (χ1) is 11.2. The van der Waals surface area contributed by atoms with Gasteiger partial charge in [0.15, 0.2) is 0 Å². The van der Waals surface area contributed by atoms with Crippen LogP contribution in [-0.4, -0.2) is 53.5 Å². The average molecular weight is 312 g/mol. The number of hydrogen-bond acceptors (Lipinski definition) is 6. The lowest BCUT2D eigenvalue weighted by Crippen LogP contribution is -2.49. The number of rotatable bonds is 4. The summed E-state index contributed by atoms with van der Waals surface area (Å²) in [5.74, 6) is 0.719. The maximum absolute atomic E-state index is 12.1. The lowest BCUT2D eigenvalue weighted by atomic mass is 10.2. The highest BCUT2D eigenvalue weighted by Crippen LogP contribution is 2.12. The molecule has 0 unspecified atom stereocenters. The van der Waals surface area contributed by atoms with Gasteiger partial charge in [0, 0.05) is 49.9 Å². The fourth-order valence-corrected chi connectivity index (χ4v) is 2.58. The summed E-state index contributed by atoms with van der Waals surface area (Å²) in [6.07, 6.45) is 3.49. The van der Waals surface area contributed by atoms with Gasteiger partial charge in [-0.15, -0.1) is 0 Å². The highest BCUT2D eigenvalue weighted by molar-refractivity contribution is 5.92. The molecule has 1 saturated heterocycles. The predicted molar refractivity (Wildman–Crippen MR) is 90.2 cm³/mol. The molecule has 3 N–H and O–H groups in total. The van der Waals surface area contributed by atoms with E-state index in [1.54, 1.807) is 30.6 Å². The summed E-state index contributed by atoms with van der Waals surface area (Å²) in [4.78, 5) is 24.9. The average Bonchev–Trinajstić information content (AvgIpc) is 2.56. The quantitative estimate of drug-likeness (QED) is 0.813. The minimum atomic E-state index is -0.0278. The number of piperazine rings is 1. The molecule has 0 saturated carbocycles. The molecule has 2 aromatic rings. The Morgan fingerprint density at radius 1 is 1.13 bits per heavy atom. The molecule has 1 amide bonds. The lowest BCUT2D eigenvalue weighted by molar-refractivity contribution is -0.117. The van der Waals surface area contributed by atoms with Gasteiger partial charge < -0.3 is 16.0 Å². The second kappa shape index (κ2) is 7.06. The van der Waals surface area contributed by atoms with Gasteiger partial charge in [-0.05, 0) is 24.3 Å². The number of benzene rings is 1. The molecule has 2 heterocycles. The van der Waals surface area contributed by atoms with Crippen LogP contribution in [0.5, 0.6) is 0 Å². The summed E-state index contributed by atoms with van der Waals surface area (Å²) in [6, 6.07) is 9.01. The highest BCUT2D eigenvalue weighted by atomic mass is 16.2. The van der Waals surface area contributed by atoms with Crippen LogP contribution in [0, 0.1) is 0 Å². The van der Waals surface area contributed by atoms with Crippen molar-refractivity contribution in [2.45, 2.75) is 0 Å². The molecule has 0 aliphatic carbocycles. The Morgan fingerprint density at radius 2 is 1.87 bits per heavy atom. The summed E-state index contributed by atoms with van der Waals surface area (Å²) in [5.41, 5.74) is 7.08.